The van der Waals surface area contributed by atoms with Gasteiger partial charge in [0.15, 0.2) is 5.82 Å². The molecule has 2 heterocycles. The van der Waals surface area contributed by atoms with Crippen molar-refractivity contribution in [1.29, 1.82) is 5.26 Å². The largest absolute Gasteiger partial charge is 0.354 e. The van der Waals surface area contributed by atoms with E-state index in [1.807, 2.05) is 54.6 Å². The van der Waals surface area contributed by atoms with Crippen LogP contribution in [0.1, 0.15) is 12.5 Å². The Hall–Kier alpha value is -3.43. The maximum absolute atomic E-state index is 9.16. The number of hydrogen-bond donors (Lipinski definition) is 1. The van der Waals surface area contributed by atoms with E-state index in [2.05, 4.69) is 28.1 Å². The summed E-state index contributed by atoms with van der Waals surface area (Å²) in [6.45, 7) is 7.24. The summed E-state index contributed by atoms with van der Waals surface area (Å²) in [5.74, 6) is 2.34. The Morgan fingerprint density at radius 3 is 2.48 bits per heavy atom. The molecule has 6 heteroatoms. The van der Waals surface area contributed by atoms with Gasteiger partial charge in [-0.1, -0.05) is 43.3 Å². The number of piperazine rings is 1. The third-order valence-electron chi connectivity index (χ3n) is 5.15. The second kappa shape index (κ2) is 8.72. The Kier molecular flexibility index (Phi) is 5.68. The molecule has 0 atom stereocenters. The average Bonchev–Trinajstić information content (AvgIpc) is 2.79. The monoisotopic (exact) mass is 384 g/mol. The van der Waals surface area contributed by atoms with Crippen molar-refractivity contribution < 1.29 is 0 Å². The van der Waals surface area contributed by atoms with Gasteiger partial charge in [-0.15, -0.1) is 0 Å². The molecule has 1 aromatic heterocycles. The predicted molar refractivity (Wildman–Crippen MR) is 116 cm³/mol. The predicted octanol–water partition coefficient (Wildman–Crippen LogP) is 3.90. The molecule has 1 aliphatic rings. The molecule has 0 aliphatic carbocycles. The van der Waals surface area contributed by atoms with Gasteiger partial charge >= 0.3 is 0 Å². The van der Waals surface area contributed by atoms with E-state index in [0.717, 1.165) is 55.6 Å². The van der Waals surface area contributed by atoms with Crippen LogP contribution in [-0.4, -0.2) is 47.6 Å². The Morgan fingerprint density at radius 1 is 0.966 bits per heavy atom. The number of hydrogen-bond acceptors (Lipinski definition) is 6. The smallest absolute Gasteiger partial charge is 0.163 e. The number of aromatic nitrogens is 2. The third-order valence-corrected chi connectivity index (χ3v) is 5.15. The highest BCUT2D eigenvalue weighted by Gasteiger charge is 2.19. The van der Waals surface area contributed by atoms with Crippen LogP contribution in [0.2, 0.25) is 0 Å². The zero-order chi connectivity index (χ0) is 20.1. The van der Waals surface area contributed by atoms with Gasteiger partial charge in [0.2, 0.25) is 0 Å². The van der Waals surface area contributed by atoms with Crippen molar-refractivity contribution in [3.63, 3.8) is 0 Å². The van der Waals surface area contributed by atoms with Gasteiger partial charge in [-0.3, -0.25) is 0 Å². The standard InChI is InChI=1S/C23H24N6/c1-2-28-11-13-29(14-12-28)22-16-21(25-20-10-6-7-18(15-20)17-24)26-23(27-22)19-8-4-3-5-9-19/h3-10,15-16H,2,11-14H2,1H3,(H,25,26,27). The van der Waals surface area contributed by atoms with E-state index in [0.29, 0.717) is 11.4 Å². The lowest BCUT2D eigenvalue weighted by molar-refractivity contribution is 0.270. The summed E-state index contributed by atoms with van der Waals surface area (Å²) in [6.07, 6.45) is 0. The highest BCUT2D eigenvalue weighted by molar-refractivity contribution is 5.66. The van der Waals surface area contributed by atoms with Gasteiger partial charge < -0.3 is 15.1 Å². The van der Waals surface area contributed by atoms with E-state index in [1.165, 1.54) is 0 Å². The maximum Gasteiger partial charge on any atom is 0.163 e. The van der Waals surface area contributed by atoms with Gasteiger partial charge in [-0.25, -0.2) is 9.97 Å². The summed E-state index contributed by atoms with van der Waals surface area (Å²) < 4.78 is 0. The van der Waals surface area contributed by atoms with Crippen LogP contribution in [0.4, 0.5) is 17.3 Å². The molecule has 1 saturated heterocycles. The minimum atomic E-state index is 0.614. The van der Waals surface area contributed by atoms with Crippen molar-refractivity contribution in [2.24, 2.45) is 0 Å². The third kappa shape index (κ3) is 4.53. The second-order valence-electron chi connectivity index (χ2n) is 7.04. The Labute approximate surface area is 171 Å². The molecular formula is C23H24N6. The molecular weight excluding hydrogens is 360 g/mol. The number of likely N-dealkylation sites (N-methyl/N-ethyl adjacent to an activating group) is 1. The summed E-state index contributed by atoms with van der Waals surface area (Å²) in [6, 6.07) is 21.6. The fourth-order valence-electron chi connectivity index (χ4n) is 3.48. The number of nitrogens with one attached hydrogen (secondary N) is 1. The lowest BCUT2D eigenvalue weighted by Crippen LogP contribution is -2.46. The molecule has 4 rings (SSSR count). The first-order valence-corrected chi connectivity index (χ1v) is 9.94. The van der Waals surface area contributed by atoms with Gasteiger partial charge in [0, 0.05) is 43.5 Å². The van der Waals surface area contributed by atoms with E-state index in [1.54, 1.807) is 6.07 Å². The lowest BCUT2D eigenvalue weighted by Gasteiger charge is -2.35. The van der Waals surface area contributed by atoms with Gasteiger partial charge in [0.25, 0.3) is 0 Å². The number of benzene rings is 2. The highest BCUT2D eigenvalue weighted by Crippen LogP contribution is 2.25. The van der Waals surface area contributed by atoms with Crippen LogP contribution in [-0.2, 0) is 0 Å². The quantitative estimate of drug-likeness (QED) is 0.720. The van der Waals surface area contributed by atoms with Crippen molar-refractivity contribution >= 4 is 17.3 Å². The number of anilines is 3. The molecule has 0 bridgehead atoms. The molecule has 0 saturated carbocycles. The molecule has 146 valence electrons. The normalized spacial score (nSPS) is 14.4. The van der Waals surface area contributed by atoms with Gasteiger partial charge in [-0.2, -0.15) is 5.26 Å². The van der Waals surface area contributed by atoms with Crippen LogP contribution >= 0.6 is 0 Å². The van der Waals surface area contributed by atoms with Crippen LogP contribution in [0.15, 0.2) is 60.7 Å². The SMILES string of the molecule is CCN1CCN(c2cc(Nc3cccc(C#N)c3)nc(-c3ccccc3)n2)CC1. The molecule has 0 spiro atoms. The van der Waals surface area contributed by atoms with E-state index in [-0.39, 0.29) is 0 Å². The molecule has 2 aromatic carbocycles. The lowest BCUT2D eigenvalue weighted by atomic mass is 10.2. The van der Waals surface area contributed by atoms with Crippen molar-refractivity contribution in [3.8, 4) is 17.5 Å². The number of nitriles is 1. The van der Waals surface area contributed by atoms with E-state index in [4.69, 9.17) is 15.2 Å². The molecule has 0 amide bonds. The first-order valence-electron chi connectivity index (χ1n) is 9.94. The molecule has 1 aliphatic heterocycles. The summed E-state index contributed by atoms with van der Waals surface area (Å²) in [4.78, 5) is 14.4. The Bertz CT molecular complexity index is 1000. The average molecular weight is 384 g/mol. The van der Waals surface area contributed by atoms with Crippen LogP contribution in [0.3, 0.4) is 0 Å². The van der Waals surface area contributed by atoms with Gasteiger partial charge in [-0.05, 0) is 24.7 Å². The number of rotatable bonds is 5. The van der Waals surface area contributed by atoms with E-state index >= 15 is 0 Å². The molecule has 1 fully saturated rings. The van der Waals surface area contributed by atoms with Crippen LogP contribution < -0.4 is 10.2 Å². The molecule has 0 radical (unpaired) electrons. The first kappa shape index (κ1) is 18.9. The van der Waals surface area contributed by atoms with Crippen molar-refractivity contribution in [2.45, 2.75) is 6.92 Å². The molecule has 0 unspecified atom stereocenters. The fraction of sp³-hybridized carbons (Fsp3) is 0.261. The van der Waals surface area contributed by atoms with Gasteiger partial charge in [0.1, 0.15) is 11.6 Å². The summed E-state index contributed by atoms with van der Waals surface area (Å²) >= 11 is 0. The zero-order valence-electron chi connectivity index (χ0n) is 16.5. The van der Waals surface area contributed by atoms with Crippen LogP contribution in [0.5, 0.6) is 0 Å². The summed E-state index contributed by atoms with van der Waals surface area (Å²) in [5.41, 5.74) is 2.43. The minimum Gasteiger partial charge on any atom is -0.354 e. The highest BCUT2D eigenvalue weighted by atomic mass is 15.3. The Morgan fingerprint density at radius 2 is 1.76 bits per heavy atom. The fourth-order valence-corrected chi connectivity index (χ4v) is 3.48. The van der Waals surface area contributed by atoms with Crippen molar-refractivity contribution in [3.05, 3.63) is 66.2 Å². The van der Waals surface area contributed by atoms with E-state index < -0.39 is 0 Å². The molecule has 1 N–H and O–H groups in total. The topological polar surface area (TPSA) is 68.1 Å². The minimum absolute atomic E-state index is 0.614. The molecule has 6 nitrogen and oxygen atoms in total. The van der Waals surface area contributed by atoms with Crippen molar-refractivity contribution in [1.82, 2.24) is 14.9 Å². The Balaban J connectivity index is 1.67. The molecule has 3 aromatic rings. The second-order valence-corrected chi connectivity index (χ2v) is 7.04. The maximum atomic E-state index is 9.16. The first-order chi connectivity index (χ1) is 14.2. The van der Waals surface area contributed by atoms with Crippen LogP contribution in [0.25, 0.3) is 11.4 Å². The van der Waals surface area contributed by atoms with Gasteiger partial charge in [0.05, 0.1) is 11.6 Å². The van der Waals surface area contributed by atoms with Crippen molar-refractivity contribution in [2.75, 3.05) is 42.9 Å². The summed E-state index contributed by atoms with van der Waals surface area (Å²) in [5, 5.41) is 12.5. The number of nitrogens with zero attached hydrogens (tertiary/aromatic N) is 5. The van der Waals surface area contributed by atoms with Crippen LogP contribution in [0, 0.1) is 11.3 Å². The zero-order valence-corrected chi connectivity index (χ0v) is 16.5. The summed E-state index contributed by atoms with van der Waals surface area (Å²) in [7, 11) is 0. The molecule has 29 heavy (non-hydrogen) atoms. The van der Waals surface area contributed by atoms with E-state index in [9.17, 15) is 0 Å².